The van der Waals surface area contributed by atoms with Crippen LogP contribution in [-0.4, -0.2) is 29.8 Å². The molecule has 1 saturated heterocycles. The summed E-state index contributed by atoms with van der Waals surface area (Å²) in [4.78, 5) is 25.6. The van der Waals surface area contributed by atoms with E-state index in [-0.39, 0.29) is 17.7 Å². The van der Waals surface area contributed by atoms with E-state index in [1.807, 2.05) is 31.2 Å². The van der Waals surface area contributed by atoms with Crippen molar-refractivity contribution in [3.63, 3.8) is 0 Å². The van der Waals surface area contributed by atoms with Crippen molar-refractivity contribution >= 4 is 11.8 Å². The number of hydrogen-bond acceptors (Lipinski definition) is 3. The minimum Gasteiger partial charge on any atom is -0.338 e. The summed E-state index contributed by atoms with van der Waals surface area (Å²) in [6.07, 6.45) is 1.61. The normalized spacial score (nSPS) is 19.1. The van der Waals surface area contributed by atoms with E-state index in [2.05, 4.69) is 5.43 Å². The third kappa shape index (κ3) is 3.12. The molecule has 0 radical (unpaired) electrons. The highest BCUT2D eigenvalue weighted by molar-refractivity contribution is 5.94. The van der Waals surface area contributed by atoms with Gasteiger partial charge < -0.3 is 4.90 Å². The van der Waals surface area contributed by atoms with Gasteiger partial charge in [-0.1, -0.05) is 17.7 Å². The largest absolute Gasteiger partial charge is 0.338 e. The van der Waals surface area contributed by atoms with Gasteiger partial charge in [0, 0.05) is 18.7 Å². The maximum atomic E-state index is 12.3. The Morgan fingerprint density at radius 2 is 2.00 bits per heavy atom. The summed E-state index contributed by atoms with van der Waals surface area (Å²) in [7, 11) is 0. The molecule has 19 heavy (non-hydrogen) atoms. The fourth-order valence-electron chi connectivity index (χ4n) is 2.37. The molecule has 1 aromatic carbocycles. The first-order valence-electron chi connectivity index (χ1n) is 6.48. The highest BCUT2D eigenvalue weighted by atomic mass is 16.2. The summed E-state index contributed by atoms with van der Waals surface area (Å²) in [5.74, 6) is 4.74. The molecule has 5 nitrogen and oxygen atoms in total. The number of piperidine rings is 1. The molecule has 0 aliphatic carbocycles. The van der Waals surface area contributed by atoms with E-state index in [0.717, 1.165) is 18.4 Å². The van der Waals surface area contributed by atoms with Crippen LogP contribution in [0.1, 0.15) is 28.8 Å². The summed E-state index contributed by atoms with van der Waals surface area (Å²) in [6, 6.07) is 7.48. The summed E-state index contributed by atoms with van der Waals surface area (Å²) >= 11 is 0. The first-order chi connectivity index (χ1) is 9.11. The number of rotatable bonds is 2. The molecule has 3 N–H and O–H groups in total. The summed E-state index contributed by atoms with van der Waals surface area (Å²) in [5.41, 5.74) is 3.95. The van der Waals surface area contributed by atoms with Gasteiger partial charge in [0.2, 0.25) is 5.91 Å². The number of benzene rings is 1. The molecule has 0 bridgehead atoms. The number of carbonyl (C=O) groups is 2. The topological polar surface area (TPSA) is 75.4 Å². The van der Waals surface area contributed by atoms with Crippen molar-refractivity contribution in [2.75, 3.05) is 13.1 Å². The monoisotopic (exact) mass is 261 g/mol. The lowest BCUT2D eigenvalue weighted by Crippen LogP contribution is -2.46. The Balaban J connectivity index is 2.06. The standard InChI is InChI=1S/C14H19N3O2/c1-10-4-6-11(7-5-10)14(19)17-8-2-3-12(9-17)13(18)16-15/h4-7,12H,2-3,8-9,15H2,1H3,(H,16,18). The van der Waals surface area contributed by atoms with Gasteiger partial charge in [0.25, 0.3) is 5.91 Å². The molecule has 1 aromatic rings. The molecule has 1 aliphatic heterocycles. The first-order valence-corrected chi connectivity index (χ1v) is 6.48. The molecule has 1 unspecified atom stereocenters. The smallest absolute Gasteiger partial charge is 0.253 e. The zero-order valence-corrected chi connectivity index (χ0v) is 11.1. The Kier molecular flexibility index (Phi) is 4.16. The van der Waals surface area contributed by atoms with Crippen molar-refractivity contribution in [3.05, 3.63) is 35.4 Å². The predicted molar refractivity (Wildman–Crippen MR) is 72.1 cm³/mol. The SMILES string of the molecule is Cc1ccc(C(=O)N2CCCC(C(=O)NN)C2)cc1. The highest BCUT2D eigenvalue weighted by Crippen LogP contribution is 2.18. The van der Waals surface area contributed by atoms with Crippen LogP contribution in [0.25, 0.3) is 0 Å². The van der Waals surface area contributed by atoms with E-state index in [1.165, 1.54) is 0 Å². The lowest BCUT2D eigenvalue weighted by molar-refractivity contribution is -0.126. The number of hydrazine groups is 1. The molecule has 102 valence electrons. The summed E-state index contributed by atoms with van der Waals surface area (Å²) in [6.45, 7) is 3.12. The molecule has 2 rings (SSSR count). The number of nitrogens with two attached hydrogens (primary N) is 1. The number of amides is 2. The lowest BCUT2D eigenvalue weighted by Gasteiger charge is -2.31. The van der Waals surface area contributed by atoms with Crippen LogP contribution in [0, 0.1) is 12.8 Å². The van der Waals surface area contributed by atoms with Gasteiger partial charge in [-0.2, -0.15) is 0 Å². The molecule has 2 amide bonds. The molecule has 1 aliphatic rings. The zero-order chi connectivity index (χ0) is 13.8. The van der Waals surface area contributed by atoms with Gasteiger partial charge in [-0.3, -0.25) is 15.0 Å². The Bertz CT molecular complexity index is 470. The highest BCUT2D eigenvalue weighted by Gasteiger charge is 2.28. The van der Waals surface area contributed by atoms with Gasteiger partial charge in [-0.15, -0.1) is 0 Å². The minimum atomic E-state index is -0.201. The molecule has 1 atom stereocenters. The van der Waals surface area contributed by atoms with E-state index in [1.54, 1.807) is 4.90 Å². The Hall–Kier alpha value is -1.88. The molecule has 1 heterocycles. The van der Waals surface area contributed by atoms with Crippen LogP contribution in [0.5, 0.6) is 0 Å². The maximum absolute atomic E-state index is 12.3. The molecule has 0 aromatic heterocycles. The Labute approximate surface area is 112 Å². The molecular weight excluding hydrogens is 242 g/mol. The van der Waals surface area contributed by atoms with Gasteiger partial charge in [0.1, 0.15) is 0 Å². The van der Waals surface area contributed by atoms with Crippen molar-refractivity contribution in [2.45, 2.75) is 19.8 Å². The fourth-order valence-corrected chi connectivity index (χ4v) is 2.37. The van der Waals surface area contributed by atoms with Gasteiger partial charge in [-0.05, 0) is 31.9 Å². The minimum absolute atomic E-state index is 0.0190. The van der Waals surface area contributed by atoms with Crippen LogP contribution >= 0.6 is 0 Å². The van der Waals surface area contributed by atoms with Crippen LogP contribution in [0.15, 0.2) is 24.3 Å². The fraction of sp³-hybridized carbons (Fsp3) is 0.429. The quantitative estimate of drug-likeness (QED) is 0.470. The number of carbonyl (C=O) groups excluding carboxylic acids is 2. The number of hydrogen-bond donors (Lipinski definition) is 2. The van der Waals surface area contributed by atoms with E-state index < -0.39 is 0 Å². The van der Waals surface area contributed by atoms with Gasteiger partial charge >= 0.3 is 0 Å². The second kappa shape index (κ2) is 5.84. The van der Waals surface area contributed by atoms with Crippen molar-refractivity contribution in [1.29, 1.82) is 0 Å². The average Bonchev–Trinajstić information content (AvgIpc) is 2.46. The Morgan fingerprint density at radius 3 is 2.63 bits per heavy atom. The number of nitrogens with one attached hydrogen (secondary N) is 1. The van der Waals surface area contributed by atoms with E-state index in [0.29, 0.717) is 18.7 Å². The van der Waals surface area contributed by atoms with Gasteiger partial charge in [0.15, 0.2) is 0 Å². The number of likely N-dealkylation sites (tertiary alicyclic amines) is 1. The molecule has 1 fully saturated rings. The van der Waals surface area contributed by atoms with Crippen molar-refractivity contribution in [1.82, 2.24) is 10.3 Å². The Morgan fingerprint density at radius 1 is 1.32 bits per heavy atom. The van der Waals surface area contributed by atoms with Crippen LogP contribution in [0.2, 0.25) is 0 Å². The summed E-state index contributed by atoms with van der Waals surface area (Å²) < 4.78 is 0. The molecule has 0 saturated carbocycles. The van der Waals surface area contributed by atoms with Gasteiger partial charge in [-0.25, -0.2) is 5.84 Å². The number of aryl methyl sites for hydroxylation is 1. The van der Waals surface area contributed by atoms with Crippen LogP contribution in [-0.2, 0) is 4.79 Å². The molecule has 0 spiro atoms. The molecule has 5 heteroatoms. The molecular formula is C14H19N3O2. The van der Waals surface area contributed by atoms with Crippen molar-refractivity contribution in [2.24, 2.45) is 11.8 Å². The number of nitrogens with zero attached hydrogens (tertiary/aromatic N) is 1. The van der Waals surface area contributed by atoms with Crippen molar-refractivity contribution in [3.8, 4) is 0 Å². The second-order valence-electron chi connectivity index (χ2n) is 4.96. The third-order valence-corrected chi connectivity index (χ3v) is 3.52. The van der Waals surface area contributed by atoms with Crippen LogP contribution < -0.4 is 11.3 Å². The van der Waals surface area contributed by atoms with E-state index in [4.69, 9.17) is 5.84 Å². The lowest BCUT2D eigenvalue weighted by atomic mass is 9.96. The average molecular weight is 261 g/mol. The van der Waals surface area contributed by atoms with Crippen molar-refractivity contribution < 1.29 is 9.59 Å². The van der Waals surface area contributed by atoms with E-state index >= 15 is 0 Å². The van der Waals surface area contributed by atoms with E-state index in [9.17, 15) is 9.59 Å². The zero-order valence-electron chi connectivity index (χ0n) is 11.1. The summed E-state index contributed by atoms with van der Waals surface area (Å²) in [5, 5.41) is 0. The maximum Gasteiger partial charge on any atom is 0.253 e. The third-order valence-electron chi connectivity index (χ3n) is 3.52. The second-order valence-corrected chi connectivity index (χ2v) is 4.96. The predicted octanol–water partition coefficient (Wildman–Crippen LogP) is 0.837. The first kappa shape index (κ1) is 13.5. The van der Waals surface area contributed by atoms with Crippen LogP contribution in [0.3, 0.4) is 0 Å². The van der Waals surface area contributed by atoms with Crippen LogP contribution in [0.4, 0.5) is 0 Å². The van der Waals surface area contributed by atoms with Gasteiger partial charge in [0.05, 0.1) is 5.92 Å².